The molecule has 0 heterocycles. The molecule has 130 valence electrons. The molecule has 3 heteroatoms. The van der Waals surface area contributed by atoms with Crippen LogP contribution >= 0.6 is 8.46 Å². The minimum absolute atomic E-state index is 0.0579. The molecule has 0 aliphatic carbocycles. The third-order valence-electron chi connectivity index (χ3n) is 5.03. The van der Waals surface area contributed by atoms with Gasteiger partial charge in [0.15, 0.2) is 16.5 Å². The second-order valence-electron chi connectivity index (χ2n) is 6.49. The summed E-state index contributed by atoms with van der Waals surface area (Å²) in [5.41, 5.74) is 0. The Morgan fingerprint density at radius 2 is 0.778 bits per heavy atom. The molecule has 0 aliphatic heterocycles. The summed E-state index contributed by atoms with van der Waals surface area (Å²) in [6.45, 7) is 0. The van der Waals surface area contributed by atoms with E-state index in [-0.39, 0.29) is 8.46 Å². The van der Waals surface area contributed by atoms with Crippen molar-refractivity contribution in [2.75, 3.05) is 0 Å². The van der Waals surface area contributed by atoms with E-state index in [0.717, 1.165) is 5.30 Å². The molecule has 1 nitrogen and oxygen atoms in total. The molecule has 27 heavy (non-hydrogen) atoms. The van der Waals surface area contributed by atoms with E-state index < -0.39 is 8.07 Å². The molecular weight excluding hydrogens is 363 g/mol. The SMILES string of the molecule is O=Pc1ccc([Si](c2ccccc2)(c2ccccc2)c2ccccc2)cc1. The molecule has 0 amide bonds. The van der Waals surface area contributed by atoms with E-state index in [1.807, 2.05) is 12.1 Å². The molecule has 0 spiro atoms. The Hall–Kier alpha value is -2.80. The summed E-state index contributed by atoms with van der Waals surface area (Å²) in [4.78, 5) is 0. The van der Waals surface area contributed by atoms with Gasteiger partial charge >= 0.3 is 0 Å². The number of hydrogen-bond donors (Lipinski definition) is 0. The lowest BCUT2D eigenvalue weighted by Crippen LogP contribution is -2.74. The highest BCUT2D eigenvalue weighted by molar-refractivity contribution is 7.34. The van der Waals surface area contributed by atoms with Crippen molar-refractivity contribution < 1.29 is 4.57 Å². The average Bonchev–Trinajstić information content (AvgIpc) is 2.77. The van der Waals surface area contributed by atoms with Crippen LogP contribution in [-0.4, -0.2) is 8.07 Å². The van der Waals surface area contributed by atoms with Crippen molar-refractivity contribution in [2.45, 2.75) is 0 Å². The summed E-state index contributed by atoms with van der Waals surface area (Å²) < 4.78 is 11.3. The first kappa shape index (κ1) is 17.6. The Labute approximate surface area is 162 Å². The van der Waals surface area contributed by atoms with Gasteiger partial charge in [-0.25, -0.2) is 0 Å². The Bertz CT molecular complexity index is 920. The molecule has 0 bridgehead atoms. The van der Waals surface area contributed by atoms with Crippen molar-refractivity contribution in [2.24, 2.45) is 0 Å². The lowest BCUT2D eigenvalue weighted by atomic mass is 10.3. The Morgan fingerprint density at radius 3 is 1.11 bits per heavy atom. The molecule has 0 fully saturated rings. The smallest absolute Gasteiger partial charge is 0.192 e. The van der Waals surface area contributed by atoms with Gasteiger partial charge in [0.1, 0.15) is 0 Å². The van der Waals surface area contributed by atoms with Crippen LogP contribution in [0.5, 0.6) is 0 Å². The first-order valence-corrected chi connectivity index (χ1v) is 11.8. The van der Waals surface area contributed by atoms with Crippen molar-refractivity contribution in [3.05, 3.63) is 115 Å². The van der Waals surface area contributed by atoms with Gasteiger partial charge in [-0.15, -0.1) is 0 Å². The Morgan fingerprint density at radius 1 is 0.444 bits per heavy atom. The topological polar surface area (TPSA) is 17.1 Å². The van der Waals surface area contributed by atoms with E-state index >= 15 is 0 Å². The second-order valence-corrected chi connectivity index (χ2v) is 11.0. The fraction of sp³-hybridized carbons (Fsp3) is 0. The van der Waals surface area contributed by atoms with Gasteiger partial charge in [-0.3, -0.25) is 4.57 Å². The molecular formula is C24H19OPSi. The van der Waals surface area contributed by atoms with Gasteiger partial charge in [0.05, 0.1) is 0 Å². The second kappa shape index (κ2) is 7.83. The lowest BCUT2D eigenvalue weighted by molar-refractivity contribution is 0.603. The summed E-state index contributed by atoms with van der Waals surface area (Å²) in [7, 11) is -2.38. The molecule has 0 atom stereocenters. The Balaban J connectivity index is 2.10. The maximum Gasteiger partial charge on any atom is 0.192 e. The zero-order valence-electron chi connectivity index (χ0n) is 14.8. The first-order valence-electron chi connectivity index (χ1n) is 8.96. The third-order valence-corrected chi connectivity index (χ3v) is 10.3. The molecule has 0 unspecified atom stereocenters. The zero-order valence-corrected chi connectivity index (χ0v) is 16.7. The minimum atomic E-state index is -2.44. The molecule has 0 aliphatic rings. The number of hydrogen-bond acceptors (Lipinski definition) is 1. The quantitative estimate of drug-likeness (QED) is 0.295. The van der Waals surface area contributed by atoms with E-state index in [2.05, 4.69) is 103 Å². The minimum Gasteiger partial charge on any atom is -0.269 e. The van der Waals surface area contributed by atoms with Crippen LogP contribution in [-0.2, 0) is 4.57 Å². The van der Waals surface area contributed by atoms with Crippen LogP contribution in [0.15, 0.2) is 115 Å². The van der Waals surface area contributed by atoms with E-state index in [9.17, 15) is 4.57 Å². The summed E-state index contributed by atoms with van der Waals surface area (Å²) >= 11 is 0. The molecule has 4 aromatic rings. The van der Waals surface area contributed by atoms with Crippen LogP contribution in [0.25, 0.3) is 0 Å². The average molecular weight is 382 g/mol. The highest BCUT2D eigenvalue weighted by atomic mass is 31.1. The maximum absolute atomic E-state index is 11.3. The van der Waals surface area contributed by atoms with E-state index in [1.54, 1.807) is 0 Å². The molecule has 0 saturated heterocycles. The predicted molar refractivity (Wildman–Crippen MR) is 117 cm³/mol. The molecule has 0 radical (unpaired) electrons. The van der Waals surface area contributed by atoms with E-state index in [1.165, 1.54) is 20.7 Å². The lowest BCUT2D eigenvalue weighted by Gasteiger charge is -2.34. The van der Waals surface area contributed by atoms with Crippen LogP contribution in [0.4, 0.5) is 0 Å². The molecule has 4 rings (SSSR count). The third kappa shape index (κ3) is 3.19. The summed E-state index contributed by atoms with van der Waals surface area (Å²) in [6.07, 6.45) is 0. The van der Waals surface area contributed by atoms with Crippen LogP contribution in [0.1, 0.15) is 0 Å². The van der Waals surface area contributed by atoms with Crippen LogP contribution in [0.3, 0.4) is 0 Å². The van der Waals surface area contributed by atoms with Gasteiger partial charge in [0.2, 0.25) is 0 Å². The van der Waals surface area contributed by atoms with Crippen molar-refractivity contribution in [3.63, 3.8) is 0 Å². The van der Waals surface area contributed by atoms with Crippen LogP contribution < -0.4 is 26.1 Å². The zero-order chi connectivity index (χ0) is 18.5. The van der Waals surface area contributed by atoms with Crippen molar-refractivity contribution in [3.8, 4) is 0 Å². The standard InChI is InChI=1S/C24H19OPSi/c25-26-20-16-18-24(19-17-20)27(21-10-4-1-5-11-21,22-12-6-2-7-13-22)23-14-8-3-9-15-23/h1-19H. The highest BCUT2D eigenvalue weighted by Crippen LogP contribution is 2.09. The summed E-state index contributed by atoms with van der Waals surface area (Å²) in [6, 6.07) is 40.6. The van der Waals surface area contributed by atoms with Gasteiger partial charge in [0, 0.05) is 5.30 Å². The maximum atomic E-state index is 11.3. The van der Waals surface area contributed by atoms with E-state index in [0.29, 0.717) is 0 Å². The predicted octanol–water partition coefficient (Wildman–Crippen LogP) is 2.98. The van der Waals surface area contributed by atoms with Crippen LogP contribution in [0, 0.1) is 0 Å². The first-order chi connectivity index (χ1) is 13.4. The van der Waals surface area contributed by atoms with Gasteiger partial charge in [0.25, 0.3) is 0 Å². The van der Waals surface area contributed by atoms with Crippen molar-refractivity contribution in [1.82, 2.24) is 0 Å². The highest BCUT2D eigenvalue weighted by Gasteiger charge is 2.41. The van der Waals surface area contributed by atoms with Gasteiger partial charge in [-0.05, 0) is 32.9 Å². The fourth-order valence-corrected chi connectivity index (χ4v) is 8.85. The molecule has 0 saturated carbocycles. The number of rotatable bonds is 5. The van der Waals surface area contributed by atoms with Gasteiger partial charge in [-0.2, -0.15) is 0 Å². The summed E-state index contributed by atoms with van der Waals surface area (Å²) in [5, 5.41) is 6.12. The fourth-order valence-electron chi connectivity index (χ4n) is 3.84. The van der Waals surface area contributed by atoms with Gasteiger partial charge in [-0.1, -0.05) is 103 Å². The molecule has 0 N–H and O–H groups in total. The summed E-state index contributed by atoms with van der Waals surface area (Å²) in [5.74, 6) is 0. The van der Waals surface area contributed by atoms with Crippen molar-refractivity contribution in [1.29, 1.82) is 0 Å². The van der Waals surface area contributed by atoms with E-state index in [4.69, 9.17) is 0 Å². The molecule has 0 aromatic heterocycles. The normalized spacial score (nSPS) is 11.4. The van der Waals surface area contributed by atoms with Gasteiger partial charge < -0.3 is 0 Å². The molecule has 4 aromatic carbocycles. The van der Waals surface area contributed by atoms with Crippen LogP contribution in [0.2, 0.25) is 0 Å². The Kier molecular flexibility index (Phi) is 5.11. The van der Waals surface area contributed by atoms with Crippen molar-refractivity contribution >= 4 is 42.6 Å². The largest absolute Gasteiger partial charge is 0.269 e. The number of benzene rings is 4. The monoisotopic (exact) mass is 382 g/mol.